The molecule has 110 valence electrons. The van der Waals surface area contributed by atoms with E-state index < -0.39 is 0 Å². The zero-order valence-corrected chi connectivity index (χ0v) is 12.8. The molecule has 2 aromatic rings. The Bertz CT molecular complexity index is 619. The van der Waals surface area contributed by atoms with Gasteiger partial charge in [0.1, 0.15) is 24.1 Å². The molecule has 0 aliphatic carbocycles. The van der Waals surface area contributed by atoms with E-state index in [1.165, 1.54) is 0 Å². The highest BCUT2D eigenvalue weighted by molar-refractivity contribution is 7.99. The van der Waals surface area contributed by atoms with E-state index in [1.807, 2.05) is 36.4 Å². The summed E-state index contributed by atoms with van der Waals surface area (Å²) in [6.45, 7) is 4.30. The van der Waals surface area contributed by atoms with Crippen molar-refractivity contribution in [2.75, 3.05) is 25.1 Å². The van der Waals surface area contributed by atoms with E-state index in [9.17, 15) is 0 Å². The third-order valence-corrected chi connectivity index (χ3v) is 3.94. The average molecular weight is 302 g/mol. The number of anilines is 1. The van der Waals surface area contributed by atoms with Crippen molar-refractivity contribution in [3.05, 3.63) is 36.4 Å². The lowest BCUT2D eigenvalue weighted by molar-refractivity contribution is 0.171. The fourth-order valence-corrected chi connectivity index (χ4v) is 2.87. The highest BCUT2D eigenvalue weighted by Gasteiger charge is 2.12. The molecule has 0 spiro atoms. The first-order valence-electron chi connectivity index (χ1n) is 7.13. The van der Waals surface area contributed by atoms with Crippen molar-refractivity contribution in [1.29, 1.82) is 0 Å². The van der Waals surface area contributed by atoms with Crippen LogP contribution in [0, 0.1) is 0 Å². The van der Waals surface area contributed by atoms with E-state index in [0.717, 1.165) is 40.2 Å². The topological polar surface area (TPSA) is 43.4 Å². The summed E-state index contributed by atoms with van der Waals surface area (Å²) in [6.07, 6.45) is 1.08. The molecule has 1 N–H and O–H groups in total. The lowest BCUT2D eigenvalue weighted by Crippen LogP contribution is -2.15. The Hall–Kier alpha value is -1.88. The summed E-state index contributed by atoms with van der Waals surface area (Å²) in [6, 6.07) is 12.0. The first kappa shape index (κ1) is 14.1. The van der Waals surface area contributed by atoms with Gasteiger partial charge >= 0.3 is 0 Å². The zero-order chi connectivity index (χ0) is 14.5. The maximum absolute atomic E-state index is 5.61. The Kier molecular flexibility index (Phi) is 4.50. The first-order chi connectivity index (χ1) is 10.3. The third-order valence-electron chi connectivity index (χ3n) is 3.02. The van der Waals surface area contributed by atoms with E-state index in [-0.39, 0.29) is 0 Å². The van der Waals surface area contributed by atoms with Crippen LogP contribution in [-0.4, -0.2) is 24.7 Å². The molecule has 3 rings (SSSR count). The fraction of sp³-hybridized carbons (Fsp3) is 0.312. The van der Waals surface area contributed by atoms with Crippen molar-refractivity contribution in [2.45, 2.75) is 23.3 Å². The number of aromatic nitrogens is 1. The summed E-state index contributed by atoms with van der Waals surface area (Å²) >= 11 is 1.62. The number of hydrogen-bond donors (Lipinski definition) is 1. The molecule has 0 bridgehead atoms. The zero-order valence-electron chi connectivity index (χ0n) is 12.0. The average Bonchev–Trinajstić information content (AvgIpc) is 2.53. The quantitative estimate of drug-likeness (QED) is 0.909. The number of rotatable bonds is 5. The minimum atomic E-state index is 0.607. The van der Waals surface area contributed by atoms with Crippen molar-refractivity contribution in [2.24, 2.45) is 0 Å². The molecule has 0 radical (unpaired) electrons. The lowest BCUT2D eigenvalue weighted by Gasteiger charge is -2.18. The highest BCUT2D eigenvalue weighted by Crippen LogP contribution is 2.36. The van der Waals surface area contributed by atoms with Crippen LogP contribution in [0.2, 0.25) is 0 Å². The monoisotopic (exact) mass is 302 g/mol. The second kappa shape index (κ2) is 6.72. The Morgan fingerprint density at radius 2 is 2.00 bits per heavy atom. The Morgan fingerprint density at radius 1 is 1.14 bits per heavy atom. The molecule has 1 aromatic carbocycles. The van der Waals surface area contributed by atoms with Crippen LogP contribution in [0.1, 0.15) is 13.3 Å². The van der Waals surface area contributed by atoms with Crippen LogP contribution in [0.3, 0.4) is 0 Å². The predicted molar refractivity (Wildman–Crippen MR) is 84.6 cm³/mol. The van der Waals surface area contributed by atoms with Gasteiger partial charge in [0.25, 0.3) is 0 Å². The number of nitrogens with one attached hydrogen (secondary N) is 1. The van der Waals surface area contributed by atoms with Crippen molar-refractivity contribution < 1.29 is 9.47 Å². The van der Waals surface area contributed by atoms with Crippen molar-refractivity contribution in [3.8, 4) is 11.5 Å². The van der Waals surface area contributed by atoms with E-state index >= 15 is 0 Å². The molecule has 0 saturated carbocycles. The van der Waals surface area contributed by atoms with E-state index in [1.54, 1.807) is 11.8 Å². The van der Waals surface area contributed by atoms with Crippen molar-refractivity contribution in [3.63, 3.8) is 0 Å². The van der Waals surface area contributed by atoms with Crippen LogP contribution < -0.4 is 14.8 Å². The van der Waals surface area contributed by atoms with Gasteiger partial charge < -0.3 is 14.8 Å². The van der Waals surface area contributed by atoms with Gasteiger partial charge in [0.2, 0.25) is 0 Å². The summed E-state index contributed by atoms with van der Waals surface area (Å²) < 4.78 is 11.1. The number of pyridine rings is 1. The number of hydrogen-bond acceptors (Lipinski definition) is 5. The normalized spacial score (nSPS) is 13.0. The largest absolute Gasteiger partial charge is 0.486 e. The maximum Gasteiger partial charge on any atom is 0.162 e. The van der Waals surface area contributed by atoms with Gasteiger partial charge in [-0.1, -0.05) is 24.8 Å². The molecular weight excluding hydrogens is 284 g/mol. The predicted octanol–water partition coefficient (Wildman–Crippen LogP) is 3.83. The van der Waals surface area contributed by atoms with E-state index in [0.29, 0.717) is 13.2 Å². The number of benzene rings is 1. The number of ether oxygens (including phenoxy) is 2. The molecule has 4 nitrogen and oxygen atoms in total. The minimum absolute atomic E-state index is 0.607. The molecule has 0 atom stereocenters. The Morgan fingerprint density at radius 3 is 2.86 bits per heavy atom. The summed E-state index contributed by atoms with van der Waals surface area (Å²) in [4.78, 5) is 5.69. The molecule has 0 saturated heterocycles. The van der Waals surface area contributed by atoms with Crippen LogP contribution in [0.15, 0.2) is 46.3 Å². The van der Waals surface area contributed by atoms with Crippen LogP contribution in [-0.2, 0) is 0 Å². The molecule has 0 fully saturated rings. The first-order valence-corrected chi connectivity index (χ1v) is 7.95. The molecule has 21 heavy (non-hydrogen) atoms. The molecule has 2 heterocycles. The van der Waals surface area contributed by atoms with E-state index in [2.05, 4.69) is 17.2 Å². The van der Waals surface area contributed by atoms with Gasteiger partial charge in [-0.3, -0.25) is 0 Å². The summed E-state index contributed by atoms with van der Waals surface area (Å²) in [7, 11) is 0. The number of fused-ring (bicyclic) bond motifs is 1. The standard InChI is InChI=1S/C16H18N2O2S/c1-2-8-17-15-4-3-5-16(18-15)21-12-6-7-13-14(11-12)20-10-9-19-13/h3-7,11H,2,8-10H2,1H3,(H,17,18). The smallest absolute Gasteiger partial charge is 0.162 e. The van der Waals surface area contributed by atoms with Crippen molar-refractivity contribution >= 4 is 17.6 Å². The molecule has 0 unspecified atom stereocenters. The van der Waals surface area contributed by atoms with Gasteiger partial charge in [0.15, 0.2) is 11.5 Å². The molecule has 5 heteroatoms. The van der Waals surface area contributed by atoms with Gasteiger partial charge in [-0.15, -0.1) is 0 Å². The van der Waals surface area contributed by atoms with Crippen LogP contribution in [0.4, 0.5) is 5.82 Å². The summed E-state index contributed by atoms with van der Waals surface area (Å²) in [5.74, 6) is 2.54. The second-order valence-electron chi connectivity index (χ2n) is 4.70. The van der Waals surface area contributed by atoms with Gasteiger partial charge in [-0.25, -0.2) is 4.98 Å². The van der Waals surface area contributed by atoms with Crippen molar-refractivity contribution in [1.82, 2.24) is 4.98 Å². The maximum atomic E-state index is 5.61. The number of nitrogens with zero attached hydrogens (tertiary/aromatic N) is 1. The SMILES string of the molecule is CCCNc1cccc(Sc2ccc3c(c2)OCCO3)n1. The van der Waals surface area contributed by atoms with Crippen LogP contribution in [0.5, 0.6) is 11.5 Å². The summed E-state index contributed by atoms with van der Waals surface area (Å²) in [5.41, 5.74) is 0. The van der Waals surface area contributed by atoms with Gasteiger partial charge in [-0.05, 0) is 36.8 Å². The highest BCUT2D eigenvalue weighted by atomic mass is 32.2. The summed E-state index contributed by atoms with van der Waals surface area (Å²) in [5, 5.41) is 4.27. The fourth-order valence-electron chi connectivity index (χ4n) is 2.03. The third kappa shape index (κ3) is 3.61. The van der Waals surface area contributed by atoms with Crippen LogP contribution in [0.25, 0.3) is 0 Å². The van der Waals surface area contributed by atoms with E-state index in [4.69, 9.17) is 9.47 Å². The van der Waals surface area contributed by atoms with Gasteiger partial charge in [0, 0.05) is 11.4 Å². The lowest BCUT2D eigenvalue weighted by atomic mass is 10.3. The molecule has 1 aliphatic heterocycles. The molecular formula is C16H18N2O2S. The molecule has 1 aromatic heterocycles. The second-order valence-corrected chi connectivity index (χ2v) is 5.79. The van der Waals surface area contributed by atoms with Gasteiger partial charge in [-0.2, -0.15) is 0 Å². The Labute approximate surface area is 128 Å². The minimum Gasteiger partial charge on any atom is -0.486 e. The molecule has 1 aliphatic rings. The Balaban J connectivity index is 1.74. The van der Waals surface area contributed by atoms with Gasteiger partial charge in [0.05, 0.1) is 0 Å². The molecule has 0 amide bonds. The van der Waals surface area contributed by atoms with Crippen LogP contribution >= 0.6 is 11.8 Å².